The molecule has 1 aromatic heterocycles. The number of aromatic nitrogens is 3. The second-order valence-corrected chi connectivity index (χ2v) is 24.2. The minimum Gasteiger partial charge on any atom is -0.414 e. The van der Waals surface area contributed by atoms with Crippen molar-refractivity contribution < 1.29 is 26.2 Å². The van der Waals surface area contributed by atoms with Crippen LogP contribution in [0.2, 0.25) is 36.3 Å². The Morgan fingerprint density at radius 3 is 2.19 bits per heavy atom. The van der Waals surface area contributed by atoms with Crippen LogP contribution < -0.4 is 5.73 Å². The lowest BCUT2D eigenvalue weighted by atomic mass is 9.89. The molecule has 10 nitrogen and oxygen atoms in total. The van der Waals surface area contributed by atoms with E-state index in [9.17, 15) is 8.42 Å². The lowest BCUT2D eigenvalue weighted by Gasteiger charge is -2.43. The van der Waals surface area contributed by atoms with E-state index < -0.39 is 50.8 Å². The number of aryl methyl sites for hydroxylation is 1. The maximum atomic E-state index is 12.8. The third-order valence-electron chi connectivity index (χ3n) is 8.47. The number of ether oxygens (including phenoxy) is 1. The van der Waals surface area contributed by atoms with E-state index >= 15 is 0 Å². The van der Waals surface area contributed by atoms with Crippen LogP contribution in [0.1, 0.15) is 66.8 Å². The van der Waals surface area contributed by atoms with Gasteiger partial charge in [-0.3, -0.25) is 0 Å². The number of hydrogen-bond acceptors (Lipinski definition) is 9. The Morgan fingerprint density at radius 1 is 1.11 bits per heavy atom. The first-order valence-corrected chi connectivity index (χ1v) is 20.3. The number of rotatable bonds is 8. The molecule has 37 heavy (non-hydrogen) atoms. The van der Waals surface area contributed by atoms with Gasteiger partial charge in [0.2, 0.25) is 0 Å². The molecule has 0 radical (unpaired) electrons. The molecule has 212 valence electrons. The summed E-state index contributed by atoms with van der Waals surface area (Å²) >= 11 is 0. The number of nitrogens with zero attached hydrogens (tertiary/aromatic N) is 3. The van der Waals surface area contributed by atoms with Crippen LogP contribution in [0.15, 0.2) is 17.3 Å². The molecule has 2 N–H and O–H groups in total. The molecule has 1 spiro atoms. The van der Waals surface area contributed by atoms with Crippen molar-refractivity contribution in [2.24, 2.45) is 5.73 Å². The van der Waals surface area contributed by atoms with E-state index in [1.807, 2.05) is 0 Å². The van der Waals surface area contributed by atoms with Crippen LogP contribution >= 0.6 is 0 Å². The van der Waals surface area contributed by atoms with Crippen molar-refractivity contribution in [3.05, 3.63) is 23.0 Å². The zero-order valence-electron chi connectivity index (χ0n) is 24.3. The smallest absolute Gasteiger partial charge is 0.292 e. The molecule has 3 rings (SSSR count). The molecule has 1 fully saturated rings. The minimum absolute atomic E-state index is 0.0553. The predicted octanol–water partition coefficient (Wildman–Crippen LogP) is 4.44. The first kappa shape index (κ1) is 30.4. The summed E-state index contributed by atoms with van der Waals surface area (Å²) in [5.74, 6) is 0. The fourth-order valence-electron chi connectivity index (χ4n) is 4.10. The zero-order valence-corrected chi connectivity index (χ0v) is 27.1. The summed E-state index contributed by atoms with van der Waals surface area (Å²) in [6.07, 6.45) is 0.784. The molecular weight excluding hydrogens is 529 g/mol. The number of hydrogen-bond donors (Lipinski definition) is 1. The molecule has 0 amide bonds. The summed E-state index contributed by atoms with van der Waals surface area (Å²) in [4.78, 5) is 0. The van der Waals surface area contributed by atoms with E-state index in [4.69, 9.17) is 23.5 Å². The minimum atomic E-state index is -4.06. The highest BCUT2D eigenvalue weighted by atomic mass is 32.2. The third kappa shape index (κ3) is 5.63. The van der Waals surface area contributed by atoms with E-state index in [1.54, 1.807) is 10.9 Å². The fraction of sp³-hybridized carbons (Fsp3) is 0.833. The summed E-state index contributed by atoms with van der Waals surface area (Å²) in [6, 6.07) is 0. The Hall–Kier alpha value is -1.10. The van der Waals surface area contributed by atoms with Crippen molar-refractivity contribution in [2.75, 3.05) is 6.61 Å². The Balaban J connectivity index is 2.17. The van der Waals surface area contributed by atoms with Gasteiger partial charge in [0.15, 0.2) is 28.5 Å². The molecule has 1 aromatic rings. The molecule has 13 heteroatoms. The average molecular weight is 575 g/mol. The maximum absolute atomic E-state index is 12.8. The largest absolute Gasteiger partial charge is 0.414 e. The average Bonchev–Trinajstić information content (AvgIpc) is 3.34. The van der Waals surface area contributed by atoms with E-state index in [-0.39, 0.29) is 22.4 Å². The van der Waals surface area contributed by atoms with Crippen LogP contribution in [0, 0.1) is 0 Å². The second kappa shape index (κ2) is 9.82. The summed E-state index contributed by atoms with van der Waals surface area (Å²) in [5, 5.41) is 9.22. The fourth-order valence-corrected chi connectivity index (χ4v) is 7.61. The normalized spacial score (nSPS) is 28.7. The van der Waals surface area contributed by atoms with Crippen LogP contribution in [-0.2, 0) is 34.3 Å². The lowest BCUT2D eigenvalue weighted by Crippen LogP contribution is -2.59. The molecule has 0 aromatic carbocycles. The Bertz CT molecular complexity index is 1120. The van der Waals surface area contributed by atoms with Crippen LogP contribution in [0.3, 0.4) is 0 Å². The van der Waals surface area contributed by atoms with Crippen molar-refractivity contribution in [1.29, 1.82) is 0 Å². The Labute approximate surface area is 224 Å². The van der Waals surface area contributed by atoms with Gasteiger partial charge in [0.1, 0.15) is 12.2 Å². The quantitative estimate of drug-likeness (QED) is 0.354. The van der Waals surface area contributed by atoms with Crippen LogP contribution in [0.25, 0.3) is 0 Å². The maximum Gasteiger partial charge on any atom is 0.292 e. The van der Waals surface area contributed by atoms with Crippen LogP contribution in [0.4, 0.5) is 0 Å². The van der Waals surface area contributed by atoms with Gasteiger partial charge in [0.05, 0.1) is 29.6 Å². The molecule has 0 saturated carbocycles. The molecule has 0 unspecified atom stereocenters. The monoisotopic (exact) mass is 574 g/mol. The van der Waals surface area contributed by atoms with Gasteiger partial charge in [0, 0.05) is 0 Å². The number of nitrogens with two attached hydrogens (primary N) is 1. The molecule has 1 saturated heterocycles. The SMILES string of the molecule is CCCc1cnnn1[C@@H]1O[C@H](CO[Si](C)(C)C(C)(C)C)[C@@]2(OS(=O)(=O)C=C2N)[C@H]1O[Si](C)(C)C(C)(C)C. The van der Waals surface area contributed by atoms with Crippen molar-refractivity contribution in [1.82, 2.24) is 15.0 Å². The van der Waals surface area contributed by atoms with Gasteiger partial charge in [-0.05, 0) is 42.7 Å². The highest BCUT2D eigenvalue weighted by Gasteiger charge is 2.67. The molecule has 3 heterocycles. The summed E-state index contributed by atoms with van der Waals surface area (Å²) in [7, 11) is -8.76. The first-order chi connectivity index (χ1) is 16.7. The second-order valence-electron chi connectivity index (χ2n) is 13.2. The molecule has 0 aliphatic carbocycles. The van der Waals surface area contributed by atoms with E-state index in [2.05, 4.69) is 85.0 Å². The van der Waals surface area contributed by atoms with Crippen LogP contribution in [0.5, 0.6) is 0 Å². The van der Waals surface area contributed by atoms with Gasteiger partial charge in [-0.1, -0.05) is 60.1 Å². The van der Waals surface area contributed by atoms with E-state index in [1.165, 1.54) is 0 Å². The highest BCUT2D eigenvalue weighted by molar-refractivity contribution is 7.90. The van der Waals surface area contributed by atoms with Crippen LogP contribution in [-0.4, -0.2) is 64.5 Å². The third-order valence-corrected chi connectivity index (χ3v) is 18.5. The first-order valence-electron chi connectivity index (χ1n) is 13.0. The van der Waals surface area contributed by atoms with Crippen molar-refractivity contribution >= 4 is 26.8 Å². The molecule has 0 bridgehead atoms. The van der Waals surface area contributed by atoms with E-state index in [0.717, 1.165) is 23.9 Å². The standard InChI is InChI=1S/C24H46N4O6SSi2/c1-12-13-17-14-26-27-28(17)21-20(33-37(10,11)23(5,6)7)24(18(25)16-35(29,30)34-24)19(32-21)15-31-36(8,9)22(2,3)4/h14,16,19-21H,12-13,15,25H2,1-11H3/t19-,20+,21-,24-/m1/s1. The summed E-state index contributed by atoms with van der Waals surface area (Å²) < 4.78 is 53.3. The lowest BCUT2D eigenvalue weighted by molar-refractivity contribution is -0.0605. The van der Waals surface area contributed by atoms with Gasteiger partial charge >= 0.3 is 0 Å². The summed E-state index contributed by atoms with van der Waals surface area (Å²) in [5.41, 5.74) is 5.85. The van der Waals surface area contributed by atoms with Gasteiger partial charge in [0.25, 0.3) is 10.1 Å². The van der Waals surface area contributed by atoms with Crippen molar-refractivity contribution in [3.63, 3.8) is 0 Å². The molecule has 2 aliphatic rings. The van der Waals surface area contributed by atoms with Gasteiger partial charge in [-0.15, -0.1) is 5.10 Å². The van der Waals surface area contributed by atoms with Gasteiger partial charge in [-0.25, -0.2) is 8.86 Å². The van der Waals surface area contributed by atoms with E-state index in [0.29, 0.717) is 0 Å². The predicted molar refractivity (Wildman–Crippen MR) is 148 cm³/mol. The zero-order chi connectivity index (χ0) is 28.2. The Kier molecular flexibility index (Phi) is 8.08. The highest BCUT2D eigenvalue weighted by Crippen LogP contribution is 2.52. The Morgan fingerprint density at radius 2 is 1.70 bits per heavy atom. The van der Waals surface area contributed by atoms with Gasteiger partial charge in [-0.2, -0.15) is 8.42 Å². The molecule has 2 aliphatic heterocycles. The summed E-state index contributed by atoms with van der Waals surface area (Å²) in [6.45, 7) is 23.5. The van der Waals surface area contributed by atoms with Gasteiger partial charge < -0.3 is 19.3 Å². The molecular formula is C24H46N4O6SSi2. The topological polar surface area (TPSA) is 128 Å². The van der Waals surface area contributed by atoms with Crippen molar-refractivity contribution in [2.45, 2.75) is 122 Å². The molecule has 4 atom stereocenters. The van der Waals surface area contributed by atoms with Crippen molar-refractivity contribution in [3.8, 4) is 0 Å².